The molecule has 0 aliphatic carbocycles. The first-order chi connectivity index (χ1) is 16.5. The molecule has 0 radical (unpaired) electrons. The van der Waals surface area contributed by atoms with E-state index in [4.69, 9.17) is 14.2 Å². The van der Waals surface area contributed by atoms with E-state index < -0.39 is 5.92 Å². The molecule has 2 rings (SSSR count). The minimum Gasteiger partial charge on any atom is -0.496 e. The molecular formula is C25H41N5O4. The van der Waals surface area contributed by atoms with Gasteiger partial charge >= 0.3 is 0 Å². The van der Waals surface area contributed by atoms with E-state index in [1.807, 2.05) is 0 Å². The van der Waals surface area contributed by atoms with Crippen molar-refractivity contribution in [1.82, 2.24) is 20.2 Å². The SMILES string of the molecule is CCCCCCCCCCCCn1nnnc1C(C)C(=O)Nc1c(OC)cc(OC)cc1OC. The van der Waals surface area contributed by atoms with Gasteiger partial charge in [0.25, 0.3) is 0 Å². The van der Waals surface area contributed by atoms with Crippen LogP contribution in [0.3, 0.4) is 0 Å². The Morgan fingerprint density at radius 2 is 1.47 bits per heavy atom. The van der Waals surface area contributed by atoms with Crippen molar-refractivity contribution in [2.75, 3.05) is 26.6 Å². The molecule has 0 fully saturated rings. The first kappa shape index (κ1) is 27.4. The van der Waals surface area contributed by atoms with Crippen LogP contribution in [0.2, 0.25) is 0 Å². The lowest BCUT2D eigenvalue weighted by Gasteiger charge is -2.17. The topological polar surface area (TPSA) is 100 Å². The van der Waals surface area contributed by atoms with Crippen molar-refractivity contribution in [2.24, 2.45) is 0 Å². The Bertz CT molecular complexity index is 846. The Labute approximate surface area is 203 Å². The first-order valence-corrected chi connectivity index (χ1v) is 12.4. The minimum absolute atomic E-state index is 0.249. The predicted octanol–water partition coefficient (Wildman–Crippen LogP) is 5.36. The molecular weight excluding hydrogens is 434 g/mol. The zero-order valence-corrected chi connectivity index (χ0v) is 21.4. The Balaban J connectivity index is 1.87. The number of methoxy groups -OCH3 is 3. The molecule has 1 heterocycles. The molecule has 0 bridgehead atoms. The highest BCUT2D eigenvalue weighted by Gasteiger charge is 2.25. The molecule has 0 aliphatic rings. The quantitative estimate of drug-likeness (QED) is 0.307. The lowest BCUT2D eigenvalue weighted by Crippen LogP contribution is -2.23. The Morgan fingerprint density at radius 3 is 2.00 bits per heavy atom. The van der Waals surface area contributed by atoms with E-state index in [-0.39, 0.29) is 5.91 Å². The van der Waals surface area contributed by atoms with Gasteiger partial charge in [0.2, 0.25) is 5.91 Å². The highest BCUT2D eigenvalue weighted by atomic mass is 16.5. The molecule has 1 N–H and O–H groups in total. The number of rotatable bonds is 17. The van der Waals surface area contributed by atoms with Crippen LogP contribution in [-0.2, 0) is 11.3 Å². The molecule has 1 aromatic carbocycles. The summed E-state index contributed by atoms with van der Waals surface area (Å²) in [6.45, 7) is 4.74. The standard InChI is InChI=1S/C25H41N5O4/c1-6-7-8-9-10-11-12-13-14-15-16-30-24(27-28-29-30)19(2)25(31)26-23-21(33-4)17-20(32-3)18-22(23)34-5/h17-19H,6-16H2,1-5H3,(H,26,31). The fourth-order valence-corrected chi connectivity index (χ4v) is 3.91. The van der Waals surface area contributed by atoms with Crippen molar-refractivity contribution in [3.8, 4) is 17.2 Å². The first-order valence-electron chi connectivity index (χ1n) is 12.4. The van der Waals surface area contributed by atoms with Gasteiger partial charge in [-0.15, -0.1) is 5.10 Å². The van der Waals surface area contributed by atoms with Gasteiger partial charge in [-0.05, 0) is 23.8 Å². The van der Waals surface area contributed by atoms with E-state index >= 15 is 0 Å². The number of nitrogens with zero attached hydrogens (tertiary/aromatic N) is 4. The van der Waals surface area contributed by atoms with Gasteiger partial charge in [0.15, 0.2) is 5.82 Å². The Hall–Kier alpha value is -2.84. The van der Waals surface area contributed by atoms with Crippen molar-refractivity contribution in [2.45, 2.75) is 90.5 Å². The number of nitrogens with one attached hydrogen (secondary N) is 1. The molecule has 190 valence electrons. The molecule has 0 spiro atoms. The summed E-state index contributed by atoms with van der Waals surface area (Å²) in [4.78, 5) is 13.0. The minimum atomic E-state index is -0.547. The number of aryl methyl sites for hydroxylation is 1. The summed E-state index contributed by atoms with van der Waals surface area (Å²) in [5.74, 6) is 1.21. The second kappa shape index (κ2) is 15.1. The van der Waals surface area contributed by atoms with Gasteiger partial charge in [0.1, 0.15) is 22.9 Å². The maximum atomic E-state index is 13.0. The maximum Gasteiger partial charge on any atom is 0.235 e. The average Bonchev–Trinajstić information content (AvgIpc) is 3.33. The smallest absolute Gasteiger partial charge is 0.235 e. The van der Waals surface area contributed by atoms with Gasteiger partial charge in [-0.2, -0.15) is 0 Å². The molecule has 1 aromatic heterocycles. The molecule has 0 saturated heterocycles. The van der Waals surface area contributed by atoms with E-state index in [0.29, 0.717) is 35.3 Å². The highest BCUT2D eigenvalue weighted by Crippen LogP contribution is 2.39. The zero-order valence-electron chi connectivity index (χ0n) is 21.4. The third-order valence-electron chi connectivity index (χ3n) is 6.03. The van der Waals surface area contributed by atoms with Crippen molar-refractivity contribution in [3.63, 3.8) is 0 Å². The summed E-state index contributed by atoms with van der Waals surface area (Å²) in [6, 6.07) is 3.39. The number of tetrazole rings is 1. The van der Waals surface area contributed by atoms with E-state index in [2.05, 4.69) is 27.8 Å². The van der Waals surface area contributed by atoms with Gasteiger partial charge in [-0.25, -0.2) is 4.68 Å². The van der Waals surface area contributed by atoms with Gasteiger partial charge in [0, 0.05) is 18.7 Å². The van der Waals surface area contributed by atoms with Crippen LogP contribution >= 0.6 is 0 Å². The van der Waals surface area contributed by atoms with Gasteiger partial charge in [-0.1, -0.05) is 64.7 Å². The zero-order chi connectivity index (χ0) is 24.8. The summed E-state index contributed by atoms with van der Waals surface area (Å²) in [5.41, 5.74) is 0.441. The van der Waals surface area contributed by atoms with Crippen LogP contribution in [0.15, 0.2) is 12.1 Å². The lowest BCUT2D eigenvalue weighted by molar-refractivity contribution is -0.117. The van der Waals surface area contributed by atoms with Crippen molar-refractivity contribution in [1.29, 1.82) is 0 Å². The molecule has 0 saturated carbocycles. The number of carbonyl (C=O) groups excluding carboxylic acids is 1. The van der Waals surface area contributed by atoms with Crippen molar-refractivity contribution < 1.29 is 19.0 Å². The number of carbonyl (C=O) groups is 1. The van der Waals surface area contributed by atoms with Crippen LogP contribution in [0.1, 0.15) is 89.8 Å². The van der Waals surface area contributed by atoms with Crippen LogP contribution < -0.4 is 19.5 Å². The molecule has 9 heteroatoms. The van der Waals surface area contributed by atoms with Crippen molar-refractivity contribution >= 4 is 11.6 Å². The molecule has 0 aliphatic heterocycles. The van der Waals surface area contributed by atoms with E-state index in [1.165, 1.54) is 65.6 Å². The lowest BCUT2D eigenvalue weighted by atomic mass is 10.1. The van der Waals surface area contributed by atoms with E-state index in [9.17, 15) is 4.79 Å². The number of amides is 1. The number of unbranched alkanes of at least 4 members (excludes halogenated alkanes) is 9. The largest absolute Gasteiger partial charge is 0.496 e. The Morgan fingerprint density at radius 1 is 0.912 bits per heavy atom. The fraction of sp³-hybridized carbons (Fsp3) is 0.680. The van der Waals surface area contributed by atoms with Crippen molar-refractivity contribution in [3.05, 3.63) is 18.0 Å². The molecule has 1 amide bonds. The number of hydrogen-bond acceptors (Lipinski definition) is 7. The second-order valence-corrected chi connectivity index (χ2v) is 8.56. The maximum absolute atomic E-state index is 13.0. The summed E-state index contributed by atoms with van der Waals surface area (Å²) in [7, 11) is 4.61. The fourth-order valence-electron chi connectivity index (χ4n) is 3.91. The van der Waals surface area contributed by atoms with E-state index in [0.717, 1.165) is 12.8 Å². The number of ether oxygens (including phenoxy) is 3. The summed E-state index contributed by atoms with van der Waals surface area (Å²) < 4.78 is 17.8. The van der Waals surface area contributed by atoms with Crippen LogP contribution in [0.5, 0.6) is 17.2 Å². The van der Waals surface area contributed by atoms with E-state index in [1.54, 1.807) is 30.8 Å². The van der Waals surface area contributed by atoms with Crippen LogP contribution in [0.4, 0.5) is 5.69 Å². The summed E-state index contributed by atoms with van der Waals surface area (Å²) in [5, 5.41) is 14.9. The monoisotopic (exact) mass is 475 g/mol. The van der Waals surface area contributed by atoms with Gasteiger partial charge < -0.3 is 19.5 Å². The predicted molar refractivity (Wildman–Crippen MR) is 133 cm³/mol. The average molecular weight is 476 g/mol. The number of aromatic nitrogens is 4. The normalized spacial score (nSPS) is 11.8. The summed E-state index contributed by atoms with van der Waals surface area (Å²) in [6.07, 6.45) is 12.6. The van der Waals surface area contributed by atoms with Crippen LogP contribution in [0, 0.1) is 0 Å². The second-order valence-electron chi connectivity index (χ2n) is 8.56. The van der Waals surface area contributed by atoms with Crippen LogP contribution in [-0.4, -0.2) is 47.4 Å². The third kappa shape index (κ3) is 8.18. The van der Waals surface area contributed by atoms with Gasteiger partial charge in [-0.3, -0.25) is 4.79 Å². The van der Waals surface area contributed by atoms with Crippen LogP contribution in [0.25, 0.3) is 0 Å². The molecule has 1 unspecified atom stereocenters. The molecule has 2 aromatic rings. The van der Waals surface area contributed by atoms with Gasteiger partial charge in [0.05, 0.1) is 27.2 Å². The molecule has 34 heavy (non-hydrogen) atoms. The number of anilines is 1. The summed E-state index contributed by atoms with van der Waals surface area (Å²) >= 11 is 0. The third-order valence-corrected chi connectivity index (χ3v) is 6.03. The number of hydrogen-bond donors (Lipinski definition) is 1. The molecule has 1 atom stereocenters. The Kier molecular flexibility index (Phi) is 12.2. The number of benzene rings is 1. The highest BCUT2D eigenvalue weighted by molar-refractivity contribution is 5.98. The molecule has 9 nitrogen and oxygen atoms in total.